The van der Waals surface area contributed by atoms with E-state index in [1.807, 2.05) is 25.1 Å². The number of fused-ring (bicyclic) bond motifs is 1. The average Bonchev–Trinajstić information content (AvgIpc) is 2.80. The number of morpholine rings is 1. The van der Waals surface area contributed by atoms with Crippen molar-refractivity contribution in [1.29, 1.82) is 0 Å². The fraction of sp³-hybridized carbons (Fsp3) is 0.381. The topological polar surface area (TPSA) is 94.2 Å². The lowest BCUT2D eigenvalue weighted by Crippen LogP contribution is -2.40. The highest BCUT2D eigenvalue weighted by atomic mass is 32.2. The van der Waals surface area contributed by atoms with Gasteiger partial charge in [0.2, 0.25) is 15.9 Å². The Morgan fingerprint density at radius 2 is 1.68 bits per heavy atom. The van der Waals surface area contributed by atoms with Crippen LogP contribution >= 0.6 is 11.8 Å². The minimum Gasteiger partial charge on any atom is -0.486 e. The molecule has 4 rings (SSSR count). The summed E-state index contributed by atoms with van der Waals surface area (Å²) in [5.74, 6) is 1.21. The minimum atomic E-state index is -3.56. The van der Waals surface area contributed by atoms with Gasteiger partial charge in [0.25, 0.3) is 0 Å². The Bertz CT molecular complexity index is 1040. The number of carbonyl (C=O) groups excluding carboxylic acids is 1. The summed E-state index contributed by atoms with van der Waals surface area (Å²) in [6.07, 6.45) is 0. The van der Waals surface area contributed by atoms with Gasteiger partial charge in [-0.25, -0.2) is 8.42 Å². The third-order valence-corrected chi connectivity index (χ3v) is 7.93. The normalized spacial score (nSPS) is 17.7. The van der Waals surface area contributed by atoms with Crippen molar-refractivity contribution in [2.24, 2.45) is 0 Å². The third kappa shape index (κ3) is 5.15. The molecule has 2 aliphatic rings. The van der Waals surface area contributed by atoms with Crippen LogP contribution in [0.4, 0.5) is 5.69 Å². The number of carbonyl (C=O) groups is 1. The molecule has 2 heterocycles. The van der Waals surface area contributed by atoms with Crippen LogP contribution in [-0.4, -0.2) is 63.4 Å². The van der Waals surface area contributed by atoms with Crippen LogP contribution in [0.5, 0.6) is 11.5 Å². The summed E-state index contributed by atoms with van der Waals surface area (Å²) in [6.45, 7) is 4.33. The van der Waals surface area contributed by atoms with E-state index in [0.29, 0.717) is 56.7 Å². The van der Waals surface area contributed by atoms with Gasteiger partial charge in [-0.05, 0) is 49.4 Å². The van der Waals surface area contributed by atoms with Gasteiger partial charge >= 0.3 is 0 Å². The zero-order valence-electron chi connectivity index (χ0n) is 17.1. The summed E-state index contributed by atoms with van der Waals surface area (Å²) < 4.78 is 43.1. The molecule has 0 spiro atoms. The fourth-order valence-electron chi connectivity index (χ4n) is 3.24. The average molecular weight is 465 g/mol. The van der Waals surface area contributed by atoms with E-state index < -0.39 is 10.0 Å². The standard InChI is InChI=1S/C21H24N2O6S2/c1-15(30-17-4-7-19-20(14-17)29-13-12-28-19)21(24)22-16-2-5-18(6-3-16)31(25,26)23-8-10-27-11-9-23/h2-7,14-15H,8-13H2,1H3,(H,22,24). The lowest BCUT2D eigenvalue weighted by molar-refractivity contribution is -0.115. The molecule has 2 aromatic carbocycles. The maximum atomic E-state index is 12.7. The molecule has 8 nitrogen and oxygen atoms in total. The number of anilines is 1. The molecule has 0 bridgehead atoms. The van der Waals surface area contributed by atoms with E-state index in [1.165, 1.54) is 28.2 Å². The van der Waals surface area contributed by atoms with Crippen molar-refractivity contribution in [3.05, 3.63) is 42.5 Å². The van der Waals surface area contributed by atoms with E-state index >= 15 is 0 Å². The molecule has 31 heavy (non-hydrogen) atoms. The van der Waals surface area contributed by atoms with Gasteiger partial charge < -0.3 is 19.5 Å². The predicted molar refractivity (Wildman–Crippen MR) is 117 cm³/mol. The van der Waals surface area contributed by atoms with Gasteiger partial charge in [0, 0.05) is 23.7 Å². The van der Waals surface area contributed by atoms with Crippen LogP contribution in [0.15, 0.2) is 52.3 Å². The van der Waals surface area contributed by atoms with Crippen LogP contribution in [0.2, 0.25) is 0 Å². The van der Waals surface area contributed by atoms with Crippen molar-refractivity contribution in [3.8, 4) is 11.5 Å². The number of sulfonamides is 1. The van der Waals surface area contributed by atoms with Crippen molar-refractivity contribution in [2.75, 3.05) is 44.8 Å². The van der Waals surface area contributed by atoms with Gasteiger partial charge in [0.05, 0.1) is 23.4 Å². The van der Waals surface area contributed by atoms with Gasteiger partial charge in [0.1, 0.15) is 13.2 Å². The van der Waals surface area contributed by atoms with Gasteiger partial charge in [-0.3, -0.25) is 4.79 Å². The second-order valence-corrected chi connectivity index (χ2v) is 10.4. The van der Waals surface area contributed by atoms with E-state index in [2.05, 4.69) is 5.32 Å². The molecule has 2 aliphatic heterocycles. The Balaban J connectivity index is 1.37. The van der Waals surface area contributed by atoms with Crippen molar-refractivity contribution in [1.82, 2.24) is 4.31 Å². The fourth-order valence-corrected chi connectivity index (χ4v) is 5.55. The van der Waals surface area contributed by atoms with E-state index in [4.69, 9.17) is 14.2 Å². The quantitative estimate of drug-likeness (QED) is 0.657. The van der Waals surface area contributed by atoms with E-state index in [1.54, 1.807) is 12.1 Å². The number of amides is 1. The maximum Gasteiger partial charge on any atom is 0.243 e. The molecule has 1 atom stereocenters. The number of hydrogen-bond donors (Lipinski definition) is 1. The van der Waals surface area contributed by atoms with Crippen molar-refractivity contribution >= 4 is 33.4 Å². The summed E-state index contributed by atoms with van der Waals surface area (Å²) in [4.78, 5) is 13.7. The first-order chi connectivity index (χ1) is 14.9. The van der Waals surface area contributed by atoms with Crippen LogP contribution in [0.3, 0.4) is 0 Å². The molecule has 166 valence electrons. The first kappa shape index (κ1) is 21.9. The Hall–Kier alpha value is -2.27. The highest BCUT2D eigenvalue weighted by Gasteiger charge is 2.26. The van der Waals surface area contributed by atoms with Gasteiger partial charge in [-0.2, -0.15) is 4.31 Å². The van der Waals surface area contributed by atoms with Crippen LogP contribution in [-0.2, 0) is 19.6 Å². The second kappa shape index (κ2) is 9.47. The number of ether oxygens (including phenoxy) is 3. The number of benzene rings is 2. The highest BCUT2D eigenvalue weighted by Crippen LogP contribution is 2.35. The van der Waals surface area contributed by atoms with Crippen molar-refractivity contribution < 1.29 is 27.4 Å². The highest BCUT2D eigenvalue weighted by molar-refractivity contribution is 8.00. The molecule has 1 saturated heterocycles. The molecule has 1 unspecified atom stereocenters. The van der Waals surface area contributed by atoms with Crippen molar-refractivity contribution in [3.63, 3.8) is 0 Å². The second-order valence-electron chi connectivity index (χ2n) is 7.10. The molecule has 1 amide bonds. The molecular weight excluding hydrogens is 440 g/mol. The van der Waals surface area contributed by atoms with Gasteiger partial charge in [-0.1, -0.05) is 0 Å². The molecule has 0 aromatic heterocycles. The number of hydrogen-bond acceptors (Lipinski definition) is 7. The molecule has 0 saturated carbocycles. The van der Waals surface area contributed by atoms with Gasteiger partial charge in [0.15, 0.2) is 11.5 Å². The summed E-state index contributed by atoms with van der Waals surface area (Å²) in [7, 11) is -3.56. The minimum absolute atomic E-state index is 0.177. The lowest BCUT2D eigenvalue weighted by Gasteiger charge is -2.26. The molecule has 0 aliphatic carbocycles. The Morgan fingerprint density at radius 3 is 2.39 bits per heavy atom. The van der Waals surface area contributed by atoms with Gasteiger partial charge in [-0.15, -0.1) is 11.8 Å². The van der Waals surface area contributed by atoms with E-state index in [-0.39, 0.29) is 16.1 Å². The molecular formula is C21H24N2O6S2. The maximum absolute atomic E-state index is 12.7. The lowest BCUT2D eigenvalue weighted by atomic mass is 10.3. The number of nitrogens with one attached hydrogen (secondary N) is 1. The Morgan fingerprint density at radius 1 is 1.00 bits per heavy atom. The monoisotopic (exact) mass is 464 g/mol. The molecule has 1 fully saturated rings. The zero-order valence-corrected chi connectivity index (χ0v) is 18.7. The van der Waals surface area contributed by atoms with Crippen LogP contribution < -0.4 is 14.8 Å². The van der Waals surface area contributed by atoms with Crippen LogP contribution in [0.1, 0.15) is 6.92 Å². The zero-order chi connectivity index (χ0) is 21.8. The van der Waals surface area contributed by atoms with E-state index in [0.717, 1.165) is 4.90 Å². The smallest absolute Gasteiger partial charge is 0.243 e. The summed E-state index contributed by atoms with van der Waals surface area (Å²) >= 11 is 1.41. The number of nitrogens with zero attached hydrogens (tertiary/aromatic N) is 1. The first-order valence-electron chi connectivity index (χ1n) is 9.98. The number of rotatable bonds is 6. The predicted octanol–water partition coefficient (Wildman–Crippen LogP) is 2.60. The molecule has 1 N–H and O–H groups in total. The Labute approximate surface area is 185 Å². The molecule has 0 radical (unpaired) electrons. The largest absolute Gasteiger partial charge is 0.486 e. The number of thioether (sulfide) groups is 1. The summed E-state index contributed by atoms with van der Waals surface area (Å²) in [5, 5.41) is 2.48. The Kier molecular flexibility index (Phi) is 6.71. The van der Waals surface area contributed by atoms with Crippen molar-refractivity contribution in [2.45, 2.75) is 22.0 Å². The van der Waals surface area contributed by atoms with Crippen LogP contribution in [0, 0.1) is 0 Å². The third-order valence-electron chi connectivity index (χ3n) is 4.93. The molecule has 2 aromatic rings. The first-order valence-corrected chi connectivity index (χ1v) is 12.3. The SMILES string of the molecule is CC(Sc1ccc2c(c1)OCCO2)C(=O)Nc1ccc(S(=O)(=O)N2CCOCC2)cc1. The summed E-state index contributed by atoms with van der Waals surface area (Å²) in [5.41, 5.74) is 0.542. The van der Waals surface area contributed by atoms with Crippen LogP contribution in [0.25, 0.3) is 0 Å². The molecule has 10 heteroatoms. The summed E-state index contributed by atoms with van der Waals surface area (Å²) in [6, 6.07) is 11.8. The van der Waals surface area contributed by atoms with E-state index in [9.17, 15) is 13.2 Å².